The Kier molecular flexibility index (Phi) is 10.8. The van der Waals surface area contributed by atoms with Crippen LogP contribution in [0, 0.1) is 12.8 Å². The Hall–Kier alpha value is -5.51. The number of benzene rings is 2. The van der Waals surface area contributed by atoms with Crippen molar-refractivity contribution in [2.24, 2.45) is 5.92 Å². The third kappa shape index (κ3) is 8.17. The van der Waals surface area contributed by atoms with Crippen LogP contribution >= 0.6 is 0 Å². The van der Waals surface area contributed by atoms with E-state index in [-0.39, 0.29) is 25.5 Å². The van der Waals surface area contributed by atoms with Gasteiger partial charge in [0.2, 0.25) is 27.7 Å². The van der Waals surface area contributed by atoms with Crippen LogP contribution < -0.4 is 20.1 Å². The van der Waals surface area contributed by atoms with Crippen molar-refractivity contribution < 1.29 is 37.1 Å². The number of alkyl carbamates (subject to hydrolysis) is 1. The molecule has 15 nitrogen and oxygen atoms in total. The van der Waals surface area contributed by atoms with E-state index in [1.54, 1.807) is 10.6 Å². The molecule has 0 bridgehead atoms. The van der Waals surface area contributed by atoms with Crippen LogP contribution in [0.15, 0.2) is 66.7 Å². The van der Waals surface area contributed by atoms with Gasteiger partial charge in [0, 0.05) is 29.4 Å². The third-order valence-electron chi connectivity index (χ3n) is 12.6. The minimum Gasteiger partial charge on any atom is -0.472 e. The molecule has 3 saturated carbocycles. The monoisotopic (exact) mass is 837 g/mol. The molecule has 9 rings (SSSR count). The van der Waals surface area contributed by atoms with E-state index in [9.17, 15) is 27.6 Å². The number of amides is 4. The zero-order valence-corrected chi connectivity index (χ0v) is 34.5. The van der Waals surface area contributed by atoms with Crippen molar-refractivity contribution in [3.63, 3.8) is 0 Å². The minimum atomic E-state index is -3.91. The average Bonchev–Trinajstić information content (AvgIpc) is 4.04. The van der Waals surface area contributed by atoms with Gasteiger partial charge in [0.25, 0.3) is 5.91 Å². The van der Waals surface area contributed by atoms with Gasteiger partial charge in [0.15, 0.2) is 5.65 Å². The Balaban J connectivity index is 1.05. The number of aryl methyl sites for hydroxylation is 1. The zero-order valence-electron chi connectivity index (χ0n) is 33.7. The van der Waals surface area contributed by atoms with Gasteiger partial charge in [-0.15, -0.1) is 0 Å². The Labute approximate surface area is 348 Å². The summed E-state index contributed by atoms with van der Waals surface area (Å²) in [6.07, 6.45) is 10.1. The molecule has 60 heavy (non-hydrogen) atoms. The van der Waals surface area contributed by atoms with Crippen molar-refractivity contribution in [1.82, 2.24) is 34.9 Å². The van der Waals surface area contributed by atoms with Gasteiger partial charge < -0.3 is 25.0 Å². The lowest BCUT2D eigenvalue weighted by Crippen LogP contribution is -2.58. The standard InChI is InChI=1S/C44H51N7O8S/c1-27-12-11-13-28(22-27)36-24-38(51-39(45-36)33-17-9-10-18-34(33)48-51)58-31-23-37-40(52)47-44(42(54)49-60(56,57)32-20-21-32)25-29(44)14-5-3-2-4-6-19-35(41(53)50(37)26-31)46-43(55)59-30-15-7-8-16-30/h5,9-14,17-18,22,24,29-32,35,37H,2-4,6-8,15-16,19-21,23,25-26H2,1H3,(H,46,55)(H,47,52)(H,49,54)/b14-5-/t29-,31-,35+,37+,44-/m1/s1. The van der Waals surface area contributed by atoms with Gasteiger partial charge in [-0.1, -0.05) is 60.9 Å². The molecule has 1 saturated heterocycles. The summed E-state index contributed by atoms with van der Waals surface area (Å²) in [7, 11) is -3.91. The number of ether oxygens (including phenoxy) is 2. The number of hydrogen-bond acceptors (Lipinski definition) is 10. The number of hydrogen-bond donors (Lipinski definition) is 3. The number of nitrogens with zero attached hydrogens (tertiary/aromatic N) is 4. The number of rotatable bonds is 8. The number of aromatic nitrogens is 3. The second-order valence-corrected chi connectivity index (χ2v) is 19.1. The molecular weight excluding hydrogens is 787 g/mol. The van der Waals surface area contributed by atoms with E-state index in [4.69, 9.17) is 19.6 Å². The highest BCUT2D eigenvalue weighted by atomic mass is 32.2. The maximum absolute atomic E-state index is 14.8. The SMILES string of the molecule is Cc1cccc(-c2cc(O[C@@H]3C[C@H]4C(=O)N[C@]5(C(=O)NS(=O)(=O)C6CC6)C[C@H]5/C=C\CCCCC[C@H](NC(=O)OC5CCCC5)C(=O)N4C3)n3nc4ccccc4c3n2)c1. The molecule has 0 radical (unpaired) electrons. The zero-order chi connectivity index (χ0) is 41.6. The molecule has 0 spiro atoms. The summed E-state index contributed by atoms with van der Waals surface area (Å²) in [5.41, 5.74) is 2.36. The van der Waals surface area contributed by atoms with E-state index in [0.717, 1.165) is 55.0 Å². The number of carbonyl (C=O) groups is 4. The molecule has 5 aliphatic rings. The number of carbonyl (C=O) groups excluding carboxylic acids is 4. The van der Waals surface area contributed by atoms with Gasteiger partial charge in [0.1, 0.15) is 29.8 Å². The Bertz CT molecular complexity index is 2480. The first-order valence-corrected chi connectivity index (χ1v) is 22.9. The van der Waals surface area contributed by atoms with Crippen LogP contribution in [0.1, 0.15) is 89.0 Å². The molecule has 5 atom stereocenters. The highest BCUT2D eigenvalue weighted by molar-refractivity contribution is 7.91. The lowest BCUT2D eigenvalue weighted by Gasteiger charge is -2.30. The summed E-state index contributed by atoms with van der Waals surface area (Å²) >= 11 is 0. The first-order valence-electron chi connectivity index (χ1n) is 21.3. The Morgan fingerprint density at radius 3 is 2.53 bits per heavy atom. The molecule has 4 fully saturated rings. The van der Waals surface area contributed by atoms with Crippen LogP contribution in [0.5, 0.6) is 5.88 Å². The second-order valence-electron chi connectivity index (χ2n) is 17.1. The smallest absolute Gasteiger partial charge is 0.408 e. The summed E-state index contributed by atoms with van der Waals surface area (Å²) in [4.78, 5) is 63.0. The first kappa shape index (κ1) is 39.9. The molecule has 2 aliphatic heterocycles. The predicted octanol–water partition coefficient (Wildman–Crippen LogP) is 5.25. The number of fused-ring (bicyclic) bond motifs is 5. The predicted molar refractivity (Wildman–Crippen MR) is 222 cm³/mol. The van der Waals surface area contributed by atoms with Crippen molar-refractivity contribution >= 4 is 50.4 Å². The molecule has 16 heteroatoms. The van der Waals surface area contributed by atoms with Gasteiger partial charge in [-0.2, -0.15) is 9.61 Å². The van der Waals surface area contributed by atoms with Crippen LogP contribution in [0.3, 0.4) is 0 Å². The number of allylic oxidation sites excluding steroid dienone is 1. The quantitative estimate of drug-likeness (QED) is 0.198. The number of nitrogens with one attached hydrogen (secondary N) is 3. The van der Waals surface area contributed by atoms with Crippen molar-refractivity contribution in [1.29, 1.82) is 0 Å². The first-order chi connectivity index (χ1) is 29.0. The molecule has 2 aromatic heterocycles. The fraction of sp³-hybridized carbons (Fsp3) is 0.500. The molecule has 0 unspecified atom stereocenters. The summed E-state index contributed by atoms with van der Waals surface area (Å²) in [6, 6.07) is 15.3. The van der Waals surface area contributed by atoms with Crippen LogP contribution in [-0.2, 0) is 29.1 Å². The summed E-state index contributed by atoms with van der Waals surface area (Å²) < 4.78 is 42.3. The largest absolute Gasteiger partial charge is 0.472 e. The molecule has 3 N–H and O–H groups in total. The van der Waals surface area contributed by atoms with E-state index in [2.05, 4.69) is 15.4 Å². The maximum atomic E-state index is 14.8. The van der Waals surface area contributed by atoms with E-state index >= 15 is 0 Å². The third-order valence-corrected chi connectivity index (χ3v) is 14.4. The van der Waals surface area contributed by atoms with Crippen LogP contribution in [0.2, 0.25) is 0 Å². The van der Waals surface area contributed by atoms with E-state index < -0.39 is 68.7 Å². The lowest BCUT2D eigenvalue weighted by atomic mass is 10.0. The van der Waals surface area contributed by atoms with Gasteiger partial charge in [0.05, 0.1) is 23.0 Å². The van der Waals surface area contributed by atoms with Crippen molar-refractivity contribution in [3.8, 4) is 17.1 Å². The van der Waals surface area contributed by atoms with Gasteiger partial charge in [-0.3, -0.25) is 19.1 Å². The van der Waals surface area contributed by atoms with Crippen LogP contribution in [-0.4, -0.2) is 93.4 Å². The summed E-state index contributed by atoms with van der Waals surface area (Å²) in [5, 5.41) is 10.8. The van der Waals surface area contributed by atoms with Gasteiger partial charge in [-0.05, 0) is 89.3 Å². The molecule has 4 heterocycles. The molecular formula is C44H51N7O8S. The fourth-order valence-electron chi connectivity index (χ4n) is 8.99. The van der Waals surface area contributed by atoms with E-state index in [1.165, 1.54) is 4.90 Å². The summed E-state index contributed by atoms with van der Waals surface area (Å²) in [5.74, 6) is -1.94. The van der Waals surface area contributed by atoms with Crippen LogP contribution in [0.25, 0.3) is 27.8 Å². The number of sulfonamides is 1. The molecule has 316 valence electrons. The highest BCUT2D eigenvalue weighted by Crippen LogP contribution is 2.46. The Morgan fingerprint density at radius 2 is 1.73 bits per heavy atom. The highest BCUT2D eigenvalue weighted by Gasteiger charge is 2.62. The molecule has 2 aromatic carbocycles. The van der Waals surface area contributed by atoms with Crippen molar-refractivity contribution in [2.75, 3.05) is 6.54 Å². The fourth-order valence-corrected chi connectivity index (χ4v) is 10.4. The molecule has 4 amide bonds. The van der Waals surface area contributed by atoms with Crippen molar-refractivity contribution in [3.05, 3.63) is 72.3 Å². The topological polar surface area (TPSA) is 190 Å². The molecule has 4 aromatic rings. The lowest BCUT2D eigenvalue weighted by molar-refractivity contribution is -0.141. The van der Waals surface area contributed by atoms with E-state index in [1.807, 2.05) is 67.6 Å². The van der Waals surface area contributed by atoms with E-state index in [0.29, 0.717) is 54.8 Å². The van der Waals surface area contributed by atoms with Crippen LogP contribution in [0.4, 0.5) is 4.79 Å². The minimum absolute atomic E-state index is 0.0181. The second kappa shape index (κ2) is 16.2. The van der Waals surface area contributed by atoms with Gasteiger partial charge in [-0.25, -0.2) is 18.2 Å². The summed E-state index contributed by atoms with van der Waals surface area (Å²) in [6.45, 7) is 1.99. The Morgan fingerprint density at radius 1 is 0.933 bits per heavy atom. The van der Waals surface area contributed by atoms with Crippen molar-refractivity contribution in [2.45, 2.75) is 125 Å². The normalized spacial score (nSPS) is 27.0. The van der Waals surface area contributed by atoms with Gasteiger partial charge >= 0.3 is 6.09 Å². The maximum Gasteiger partial charge on any atom is 0.408 e. The average molecular weight is 838 g/mol. The molecule has 3 aliphatic carbocycles.